The summed E-state index contributed by atoms with van der Waals surface area (Å²) in [6.07, 6.45) is 4.06. The van der Waals surface area contributed by atoms with Crippen LogP contribution in [-0.4, -0.2) is 67.3 Å². The third-order valence-corrected chi connectivity index (χ3v) is 5.12. The van der Waals surface area contributed by atoms with Crippen LogP contribution in [0.1, 0.15) is 38.8 Å². The van der Waals surface area contributed by atoms with Crippen molar-refractivity contribution in [2.45, 2.75) is 40.2 Å². The van der Waals surface area contributed by atoms with E-state index in [9.17, 15) is 9.59 Å². The summed E-state index contributed by atoms with van der Waals surface area (Å²) in [7, 11) is 0. The molecule has 1 unspecified atom stereocenters. The average molecular weight is 417 g/mol. The average Bonchev–Trinajstić information content (AvgIpc) is 3.09. The van der Waals surface area contributed by atoms with Gasteiger partial charge in [-0.05, 0) is 38.0 Å². The van der Waals surface area contributed by atoms with E-state index in [1.54, 1.807) is 22.0 Å². The Morgan fingerprint density at radius 3 is 2.57 bits per heavy atom. The van der Waals surface area contributed by atoms with Crippen LogP contribution in [0.5, 0.6) is 11.5 Å². The molecule has 0 spiro atoms. The topological polar surface area (TPSA) is 68.3 Å². The van der Waals surface area contributed by atoms with Crippen LogP contribution in [0.25, 0.3) is 6.08 Å². The summed E-state index contributed by atoms with van der Waals surface area (Å²) in [5, 5.41) is 0. The first-order chi connectivity index (χ1) is 14.4. The highest BCUT2D eigenvalue weighted by Gasteiger charge is 2.25. The Hall–Kier alpha value is -2.70. The van der Waals surface area contributed by atoms with Gasteiger partial charge < -0.3 is 24.0 Å². The molecule has 1 aromatic rings. The summed E-state index contributed by atoms with van der Waals surface area (Å²) in [4.78, 5) is 28.1. The van der Waals surface area contributed by atoms with Gasteiger partial charge in [-0.1, -0.05) is 13.8 Å². The van der Waals surface area contributed by atoms with Gasteiger partial charge in [0.1, 0.15) is 17.6 Å². The van der Waals surface area contributed by atoms with Crippen LogP contribution in [0.2, 0.25) is 0 Å². The van der Waals surface area contributed by atoms with E-state index >= 15 is 0 Å². The highest BCUT2D eigenvalue weighted by Crippen LogP contribution is 2.35. The molecule has 164 valence electrons. The zero-order chi connectivity index (χ0) is 21.7. The van der Waals surface area contributed by atoms with E-state index in [4.69, 9.17) is 14.2 Å². The molecule has 0 N–H and O–H groups in total. The van der Waals surface area contributed by atoms with Gasteiger partial charge in [0.25, 0.3) is 0 Å². The summed E-state index contributed by atoms with van der Waals surface area (Å²) in [5.74, 6) is 1.83. The molecule has 7 heteroatoms. The second-order valence-corrected chi connectivity index (χ2v) is 8.18. The molecule has 1 saturated heterocycles. The van der Waals surface area contributed by atoms with Gasteiger partial charge in [0, 0.05) is 49.8 Å². The summed E-state index contributed by atoms with van der Waals surface area (Å²) in [5.41, 5.74) is 1.96. The molecule has 3 rings (SSSR count). The fraction of sp³-hybridized carbons (Fsp3) is 0.565. The number of ether oxygens (including phenoxy) is 3. The molecule has 0 aromatic heterocycles. The lowest BCUT2D eigenvalue weighted by atomic mass is 10.1. The van der Waals surface area contributed by atoms with E-state index in [1.165, 1.54) is 0 Å². The lowest BCUT2D eigenvalue weighted by Crippen LogP contribution is -2.50. The summed E-state index contributed by atoms with van der Waals surface area (Å²) in [6, 6.07) is 3.95. The van der Waals surface area contributed by atoms with Gasteiger partial charge in [-0.25, -0.2) is 4.79 Å². The number of fused-ring (bicyclic) bond motifs is 1. The van der Waals surface area contributed by atoms with E-state index in [0.717, 1.165) is 29.0 Å². The Bertz CT molecular complexity index is 797. The van der Waals surface area contributed by atoms with Gasteiger partial charge in [0.05, 0.1) is 13.2 Å². The third-order valence-electron chi connectivity index (χ3n) is 5.12. The molecular formula is C23H32N2O5. The maximum Gasteiger partial charge on any atom is 0.409 e. The smallest absolute Gasteiger partial charge is 0.409 e. The van der Waals surface area contributed by atoms with E-state index in [2.05, 4.69) is 0 Å². The lowest BCUT2D eigenvalue weighted by Gasteiger charge is -2.33. The van der Waals surface area contributed by atoms with Crippen molar-refractivity contribution in [3.05, 3.63) is 29.3 Å². The SMILES string of the molecule is CCOc1cc2c(cc1/C=C/C(=O)N1CCN(C(=O)OCC(C)C)CC1)OC(C)C2. The van der Waals surface area contributed by atoms with Crippen molar-refractivity contribution < 1.29 is 23.8 Å². The largest absolute Gasteiger partial charge is 0.493 e. The first-order valence-electron chi connectivity index (χ1n) is 10.7. The molecule has 2 aliphatic heterocycles. The van der Waals surface area contributed by atoms with Gasteiger partial charge in [0.15, 0.2) is 0 Å². The first kappa shape index (κ1) is 22.0. The van der Waals surface area contributed by atoms with Crippen LogP contribution in [0, 0.1) is 5.92 Å². The maximum atomic E-state index is 12.7. The lowest BCUT2D eigenvalue weighted by molar-refractivity contribution is -0.127. The summed E-state index contributed by atoms with van der Waals surface area (Å²) >= 11 is 0. The fourth-order valence-electron chi connectivity index (χ4n) is 3.57. The minimum Gasteiger partial charge on any atom is -0.493 e. The Morgan fingerprint density at radius 1 is 1.20 bits per heavy atom. The number of amides is 2. The second kappa shape index (κ2) is 9.87. The van der Waals surface area contributed by atoms with Crippen molar-refractivity contribution >= 4 is 18.1 Å². The van der Waals surface area contributed by atoms with Crippen molar-refractivity contribution in [1.82, 2.24) is 9.80 Å². The third kappa shape index (κ3) is 5.46. The second-order valence-electron chi connectivity index (χ2n) is 8.18. The van der Waals surface area contributed by atoms with Gasteiger partial charge in [-0.15, -0.1) is 0 Å². The minimum atomic E-state index is -0.305. The van der Waals surface area contributed by atoms with Gasteiger partial charge in [-0.3, -0.25) is 4.79 Å². The van der Waals surface area contributed by atoms with Crippen LogP contribution in [0.15, 0.2) is 18.2 Å². The maximum absolute atomic E-state index is 12.7. The number of carbonyl (C=O) groups is 2. The van der Waals surface area contributed by atoms with Crippen LogP contribution in [0.4, 0.5) is 4.79 Å². The Morgan fingerprint density at radius 2 is 1.90 bits per heavy atom. The first-order valence-corrected chi connectivity index (χ1v) is 10.7. The van der Waals surface area contributed by atoms with Crippen LogP contribution in [-0.2, 0) is 16.0 Å². The normalized spacial score (nSPS) is 18.5. The number of hydrogen-bond acceptors (Lipinski definition) is 5. The Kier molecular flexibility index (Phi) is 7.24. The molecule has 0 radical (unpaired) electrons. The van der Waals surface area contributed by atoms with E-state index in [1.807, 2.05) is 39.8 Å². The molecule has 1 aromatic carbocycles. The van der Waals surface area contributed by atoms with Crippen LogP contribution >= 0.6 is 0 Å². The number of rotatable bonds is 6. The summed E-state index contributed by atoms with van der Waals surface area (Å²) in [6.45, 7) is 10.9. The number of carbonyl (C=O) groups excluding carboxylic acids is 2. The number of benzene rings is 1. The molecular weight excluding hydrogens is 384 g/mol. The number of piperazine rings is 1. The van der Waals surface area contributed by atoms with Crippen molar-refractivity contribution in [2.75, 3.05) is 39.4 Å². The van der Waals surface area contributed by atoms with Gasteiger partial charge >= 0.3 is 6.09 Å². The predicted octanol–water partition coefficient (Wildman–Crippen LogP) is 3.36. The molecule has 2 heterocycles. The number of nitrogens with zero attached hydrogens (tertiary/aromatic N) is 2. The monoisotopic (exact) mass is 416 g/mol. The highest BCUT2D eigenvalue weighted by atomic mass is 16.6. The van der Waals surface area contributed by atoms with Crippen molar-refractivity contribution in [1.29, 1.82) is 0 Å². The van der Waals surface area contributed by atoms with Crippen LogP contribution < -0.4 is 9.47 Å². The molecule has 0 saturated carbocycles. The Balaban J connectivity index is 1.59. The van der Waals surface area contributed by atoms with E-state index in [0.29, 0.717) is 45.3 Å². The molecule has 0 aliphatic carbocycles. The van der Waals surface area contributed by atoms with Crippen LogP contribution in [0.3, 0.4) is 0 Å². The molecule has 1 fully saturated rings. The quantitative estimate of drug-likeness (QED) is 0.665. The molecule has 2 amide bonds. The van der Waals surface area contributed by atoms with E-state index < -0.39 is 0 Å². The molecule has 30 heavy (non-hydrogen) atoms. The zero-order valence-corrected chi connectivity index (χ0v) is 18.3. The Labute approximate surface area is 178 Å². The fourth-order valence-corrected chi connectivity index (χ4v) is 3.57. The summed E-state index contributed by atoms with van der Waals surface area (Å²) < 4.78 is 16.9. The van der Waals surface area contributed by atoms with E-state index in [-0.39, 0.29) is 18.1 Å². The predicted molar refractivity (Wildman–Crippen MR) is 115 cm³/mol. The molecule has 7 nitrogen and oxygen atoms in total. The van der Waals surface area contributed by atoms with Crippen molar-refractivity contribution in [2.24, 2.45) is 5.92 Å². The number of hydrogen-bond donors (Lipinski definition) is 0. The van der Waals surface area contributed by atoms with Gasteiger partial charge in [0.2, 0.25) is 5.91 Å². The molecule has 1 atom stereocenters. The van der Waals surface area contributed by atoms with Crippen molar-refractivity contribution in [3.8, 4) is 11.5 Å². The molecule has 2 aliphatic rings. The highest BCUT2D eigenvalue weighted by molar-refractivity contribution is 5.92. The molecule has 0 bridgehead atoms. The van der Waals surface area contributed by atoms with Gasteiger partial charge in [-0.2, -0.15) is 0 Å². The van der Waals surface area contributed by atoms with Crippen molar-refractivity contribution in [3.63, 3.8) is 0 Å². The minimum absolute atomic E-state index is 0.0811. The standard InChI is InChI=1S/C23H32N2O5/c1-5-28-20-14-19-12-17(4)30-21(19)13-18(20)6-7-22(26)24-8-10-25(11-9-24)23(27)29-15-16(2)3/h6-7,13-14,16-17H,5,8-12,15H2,1-4H3/b7-6+. The zero-order valence-electron chi connectivity index (χ0n) is 18.3.